The van der Waals surface area contributed by atoms with Crippen molar-refractivity contribution in [2.75, 3.05) is 0 Å². The largest absolute Gasteiger partial charge is 0.103 e. The minimum absolute atomic E-state index is 0. The summed E-state index contributed by atoms with van der Waals surface area (Å²) in [6.45, 7) is 7.45. The van der Waals surface area contributed by atoms with E-state index in [0.29, 0.717) is 0 Å². The van der Waals surface area contributed by atoms with Gasteiger partial charge in [-0.3, -0.25) is 0 Å². The fourth-order valence-electron chi connectivity index (χ4n) is 0.933. The van der Waals surface area contributed by atoms with Crippen molar-refractivity contribution in [1.29, 1.82) is 0 Å². The maximum atomic E-state index is 3.36. The monoisotopic (exact) mass is 194 g/mol. The van der Waals surface area contributed by atoms with E-state index in [1.807, 2.05) is 6.92 Å². The van der Waals surface area contributed by atoms with Crippen molar-refractivity contribution in [3.63, 3.8) is 0 Å². The lowest BCUT2D eigenvalue weighted by atomic mass is 10.1. The first kappa shape index (κ1) is 18.7. The van der Waals surface area contributed by atoms with Crippen LogP contribution in [0.15, 0.2) is 43.0 Å². The molecule has 0 aliphatic heterocycles. The Hall–Kier alpha value is -1.04. The van der Waals surface area contributed by atoms with Crippen molar-refractivity contribution in [3.05, 3.63) is 48.6 Å². The molecule has 1 rings (SSSR count). The molecule has 0 fully saturated rings. The molecule has 0 unspecified atom stereocenters. The van der Waals surface area contributed by atoms with E-state index in [4.69, 9.17) is 0 Å². The lowest BCUT2D eigenvalue weighted by Crippen LogP contribution is -1.78. The Labute approximate surface area is 90.7 Å². The fraction of sp³-hybridized carbons (Fsp3) is 0.429. The van der Waals surface area contributed by atoms with Crippen LogP contribution in [0.4, 0.5) is 0 Å². The number of hydrogen-bond donors (Lipinski definition) is 0. The van der Waals surface area contributed by atoms with Gasteiger partial charge in [0.25, 0.3) is 0 Å². The van der Waals surface area contributed by atoms with Crippen molar-refractivity contribution in [1.82, 2.24) is 0 Å². The minimum atomic E-state index is 0. The molecule has 0 aliphatic carbocycles. The summed E-state index contributed by atoms with van der Waals surface area (Å²) < 4.78 is 0. The summed E-state index contributed by atoms with van der Waals surface area (Å²) in [4.78, 5) is 0. The van der Waals surface area contributed by atoms with Gasteiger partial charge in [0.15, 0.2) is 0 Å². The van der Waals surface area contributed by atoms with Gasteiger partial charge in [-0.05, 0) is 18.9 Å². The van der Waals surface area contributed by atoms with Crippen LogP contribution in [0.3, 0.4) is 0 Å². The van der Waals surface area contributed by atoms with Gasteiger partial charge in [0, 0.05) is 0 Å². The highest BCUT2D eigenvalue weighted by atomic mass is 13.9. The standard InChI is InChI=1S/C9H12.C3H6.2CH4/c1-2-6-9-7-4-3-5-8-9;1-3-2;;/h3-5,7-8H,2,6H2,1H3;3H,1H2,2H3;2*1H4. The van der Waals surface area contributed by atoms with Crippen molar-refractivity contribution in [2.45, 2.75) is 41.5 Å². The molecule has 0 bridgehead atoms. The second-order valence-electron chi connectivity index (χ2n) is 2.64. The third kappa shape index (κ3) is 11.0. The average Bonchev–Trinajstić information content (AvgIpc) is 2.08. The Morgan fingerprint density at radius 3 is 1.93 bits per heavy atom. The molecule has 0 N–H and O–H groups in total. The Bertz CT molecular complexity index is 186. The van der Waals surface area contributed by atoms with E-state index >= 15 is 0 Å². The van der Waals surface area contributed by atoms with E-state index in [1.165, 1.54) is 18.4 Å². The molecular weight excluding hydrogens is 168 g/mol. The van der Waals surface area contributed by atoms with Crippen molar-refractivity contribution in [3.8, 4) is 0 Å². The van der Waals surface area contributed by atoms with Crippen LogP contribution >= 0.6 is 0 Å². The van der Waals surface area contributed by atoms with Gasteiger partial charge in [-0.25, -0.2) is 0 Å². The van der Waals surface area contributed by atoms with E-state index < -0.39 is 0 Å². The number of aryl methyl sites for hydroxylation is 1. The summed E-state index contributed by atoms with van der Waals surface area (Å²) >= 11 is 0. The first-order valence-electron chi connectivity index (χ1n) is 4.46. The molecule has 0 nitrogen and oxygen atoms in total. The Balaban J connectivity index is -0.000000218. The average molecular weight is 194 g/mol. The molecule has 0 amide bonds. The number of hydrogen-bond acceptors (Lipinski definition) is 0. The van der Waals surface area contributed by atoms with E-state index in [-0.39, 0.29) is 14.9 Å². The highest BCUT2D eigenvalue weighted by Gasteiger charge is 1.84. The van der Waals surface area contributed by atoms with Gasteiger partial charge >= 0.3 is 0 Å². The quantitative estimate of drug-likeness (QED) is 0.574. The van der Waals surface area contributed by atoms with Crippen molar-refractivity contribution in [2.24, 2.45) is 0 Å². The summed E-state index contributed by atoms with van der Waals surface area (Å²) in [5.74, 6) is 0. The first-order valence-corrected chi connectivity index (χ1v) is 4.46. The van der Waals surface area contributed by atoms with Crippen LogP contribution in [0.5, 0.6) is 0 Å². The zero-order chi connectivity index (χ0) is 9.23. The minimum Gasteiger partial charge on any atom is -0.103 e. The Kier molecular flexibility index (Phi) is 19.3. The van der Waals surface area contributed by atoms with Crippen molar-refractivity contribution < 1.29 is 0 Å². The summed E-state index contributed by atoms with van der Waals surface area (Å²) in [6, 6.07) is 10.6. The topological polar surface area (TPSA) is 0 Å². The molecule has 1 aromatic rings. The first-order chi connectivity index (χ1) is 5.85. The van der Waals surface area contributed by atoms with Gasteiger partial charge in [-0.15, -0.1) is 6.58 Å². The summed E-state index contributed by atoms with van der Waals surface area (Å²) in [5, 5.41) is 0. The predicted octanol–water partition coefficient (Wildman–Crippen LogP) is 5.10. The van der Waals surface area contributed by atoms with Gasteiger partial charge in [0.05, 0.1) is 0 Å². The van der Waals surface area contributed by atoms with Crippen LogP contribution in [0.2, 0.25) is 0 Å². The zero-order valence-electron chi connectivity index (χ0n) is 8.09. The molecule has 0 aromatic heterocycles. The second-order valence-corrected chi connectivity index (χ2v) is 2.64. The fourth-order valence-corrected chi connectivity index (χ4v) is 0.933. The molecule has 0 saturated carbocycles. The molecule has 14 heavy (non-hydrogen) atoms. The Morgan fingerprint density at radius 1 is 1.14 bits per heavy atom. The number of rotatable bonds is 2. The number of benzene rings is 1. The van der Waals surface area contributed by atoms with Crippen LogP contribution in [-0.4, -0.2) is 0 Å². The van der Waals surface area contributed by atoms with Gasteiger partial charge in [0.2, 0.25) is 0 Å². The SMILES string of the molecule is C.C.C=CC.CCCc1ccccc1. The molecule has 0 spiro atoms. The predicted molar refractivity (Wildman–Crippen MR) is 69.8 cm³/mol. The van der Waals surface area contributed by atoms with Crippen LogP contribution < -0.4 is 0 Å². The third-order valence-electron chi connectivity index (χ3n) is 1.38. The highest BCUT2D eigenvalue weighted by molar-refractivity contribution is 5.14. The molecule has 0 heteroatoms. The molecule has 0 atom stereocenters. The molecule has 82 valence electrons. The van der Waals surface area contributed by atoms with E-state index in [0.717, 1.165) is 0 Å². The molecule has 1 aromatic carbocycles. The highest BCUT2D eigenvalue weighted by Crippen LogP contribution is 2.00. The van der Waals surface area contributed by atoms with E-state index in [2.05, 4.69) is 43.8 Å². The maximum Gasteiger partial charge on any atom is -0.0281 e. The summed E-state index contributed by atoms with van der Waals surface area (Å²) in [7, 11) is 0. The zero-order valence-corrected chi connectivity index (χ0v) is 8.09. The molecule has 0 heterocycles. The normalized spacial score (nSPS) is 7.00. The van der Waals surface area contributed by atoms with Gasteiger partial charge in [-0.1, -0.05) is 64.6 Å². The van der Waals surface area contributed by atoms with Crippen molar-refractivity contribution >= 4 is 0 Å². The van der Waals surface area contributed by atoms with Gasteiger partial charge < -0.3 is 0 Å². The smallest absolute Gasteiger partial charge is 0.0281 e. The maximum absolute atomic E-state index is 3.36. The molecule has 0 radical (unpaired) electrons. The van der Waals surface area contributed by atoms with E-state index in [9.17, 15) is 0 Å². The van der Waals surface area contributed by atoms with Gasteiger partial charge in [-0.2, -0.15) is 0 Å². The van der Waals surface area contributed by atoms with Crippen LogP contribution in [0, 0.1) is 0 Å². The summed E-state index contributed by atoms with van der Waals surface area (Å²) in [5.41, 5.74) is 1.44. The molecule has 0 aliphatic rings. The van der Waals surface area contributed by atoms with E-state index in [1.54, 1.807) is 6.08 Å². The molecular formula is C14H26. The van der Waals surface area contributed by atoms with Gasteiger partial charge in [0.1, 0.15) is 0 Å². The lowest BCUT2D eigenvalue weighted by Gasteiger charge is -1.93. The molecule has 0 saturated heterocycles. The van der Waals surface area contributed by atoms with Crippen LogP contribution in [-0.2, 0) is 6.42 Å². The third-order valence-corrected chi connectivity index (χ3v) is 1.38. The van der Waals surface area contributed by atoms with Crippen LogP contribution in [0.1, 0.15) is 40.7 Å². The number of allylic oxidation sites excluding steroid dienone is 1. The Morgan fingerprint density at radius 2 is 1.57 bits per heavy atom. The van der Waals surface area contributed by atoms with Crippen LogP contribution in [0.25, 0.3) is 0 Å². The second kappa shape index (κ2) is 14.5. The summed E-state index contributed by atoms with van der Waals surface area (Å²) in [6.07, 6.45) is 4.20. The lowest BCUT2D eigenvalue weighted by molar-refractivity contribution is 0.922.